The second kappa shape index (κ2) is 5.02. The molecule has 2 unspecified atom stereocenters. The van der Waals surface area contributed by atoms with Crippen LogP contribution in [-0.4, -0.2) is 26.1 Å². The molecule has 102 valence electrons. The SMILES string of the molecule is CC1C(O)C[C@@H](CO[Si](C)(C)C(C)(C)C)[C@@H]1C. The first kappa shape index (κ1) is 15.2. The molecule has 4 atom stereocenters. The summed E-state index contributed by atoms with van der Waals surface area (Å²) < 4.78 is 6.27. The summed E-state index contributed by atoms with van der Waals surface area (Å²) in [5.74, 6) is 1.53. The van der Waals surface area contributed by atoms with Crippen LogP contribution in [0.25, 0.3) is 0 Å². The fraction of sp³-hybridized carbons (Fsp3) is 1.00. The molecule has 0 heterocycles. The quantitative estimate of drug-likeness (QED) is 0.783. The highest BCUT2D eigenvalue weighted by Crippen LogP contribution is 2.40. The predicted molar refractivity (Wildman–Crippen MR) is 75.6 cm³/mol. The van der Waals surface area contributed by atoms with Crippen molar-refractivity contribution in [1.82, 2.24) is 0 Å². The van der Waals surface area contributed by atoms with E-state index in [2.05, 4.69) is 47.7 Å². The average Bonchev–Trinajstić information content (AvgIpc) is 2.41. The fourth-order valence-electron chi connectivity index (χ4n) is 2.27. The molecule has 1 aliphatic carbocycles. The largest absolute Gasteiger partial charge is 0.417 e. The minimum atomic E-state index is -1.63. The summed E-state index contributed by atoms with van der Waals surface area (Å²) in [5, 5.41) is 10.2. The number of aliphatic hydroxyl groups excluding tert-OH is 1. The van der Waals surface area contributed by atoms with Crippen LogP contribution in [0.5, 0.6) is 0 Å². The van der Waals surface area contributed by atoms with Gasteiger partial charge in [0.05, 0.1) is 6.10 Å². The van der Waals surface area contributed by atoms with Crippen LogP contribution >= 0.6 is 0 Å². The summed E-state index contributed by atoms with van der Waals surface area (Å²) in [6, 6.07) is 0. The summed E-state index contributed by atoms with van der Waals surface area (Å²) in [7, 11) is -1.63. The summed E-state index contributed by atoms with van der Waals surface area (Å²) >= 11 is 0. The van der Waals surface area contributed by atoms with Crippen LogP contribution in [0.1, 0.15) is 41.0 Å². The summed E-state index contributed by atoms with van der Waals surface area (Å²) in [5.41, 5.74) is 0. The Hall–Kier alpha value is 0.137. The maximum atomic E-state index is 9.88. The van der Waals surface area contributed by atoms with Crippen molar-refractivity contribution in [3.8, 4) is 0 Å². The molecule has 0 bridgehead atoms. The molecular weight excluding hydrogens is 228 g/mol. The Morgan fingerprint density at radius 3 is 2.06 bits per heavy atom. The minimum Gasteiger partial charge on any atom is -0.417 e. The van der Waals surface area contributed by atoms with E-state index in [0.717, 1.165) is 13.0 Å². The third-order valence-corrected chi connectivity index (χ3v) is 9.69. The maximum Gasteiger partial charge on any atom is 0.191 e. The molecule has 0 aliphatic heterocycles. The Morgan fingerprint density at radius 2 is 1.71 bits per heavy atom. The van der Waals surface area contributed by atoms with Gasteiger partial charge < -0.3 is 9.53 Å². The van der Waals surface area contributed by atoms with Crippen LogP contribution < -0.4 is 0 Å². The van der Waals surface area contributed by atoms with E-state index in [0.29, 0.717) is 17.8 Å². The van der Waals surface area contributed by atoms with E-state index >= 15 is 0 Å². The topological polar surface area (TPSA) is 29.5 Å². The summed E-state index contributed by atoms with van der Waals surface area (Å²) in [6.45, 7) is 16.7. The molecule has 0 spiro atoms. The molecule has 2 nitrogen and oxygen atoms in total. The van der Waals surface area contributed by atoms with Gasteiger partial charge in [0.1, 0.15) is 0 Å². The highest BCUT2D eigenvalue weighted by molar-refractivity contribution is 6.74. The van der Waals surface area contributed by atoms with Gasteiger partial charge in [-0.3, -0.25) is 0 Å². The highest BCUT2D eigenvalue weighted by Gasteiger charge is 2.41. The van der Waals surface area contributed by atoms with E-state index in [1.165, 1.54) is 0 Å². The Kier molecular flexibility index (Phi) is 4.49. The average molecular weight is 258 g/mol. The van der Waals surface area contributed by atoms with Gasteiger partial charge in [0.2, 0.25) is 0 Å². The number of rotatable bonds is 3. The normalized spacial score (nSPS) is 35.3. The van der Waals surface area contributed by atoms with Crippen molar-refractivity contribution < 1.29 is 9.53 Å². The van der Waals surface area contributed by atoms with Crippen LogP contribution in [0.3, 0.4) is 0 Å². The Bertz CT molecular complexity index is 257. The van der Waals surface area contributed by atoms with Gasteiger partial charge in [-0.15, -0.1) is 0 Å². The number of hydrogen-bond acceptors (Lipinski definition) is 2. The van der Waals surface area contributed by atoms with Crippen LogP contribution in [0.4, 0.5) is 0 Å². The molecule has 0 aromatic rings. The molecule has 0 amide bonds. The van der Waals surface area contributed by atoms with E-state index in [1.807, 2.05) is 0 Å². The van der Waals surface area contributed by atoms with Crippen molar-refractivity contribution in [3.63, 3.8) is 0 Å². The van der Waals surface area contributed by atoms with E-state index in [4.69, 9.17) is 4.43 Å². The van der Waals surface area contributed by atoms with Crippen LogP contribution in [0.2, 0.25) is 18.1 Å². The maximum absolute atomic E-state index is 9.88. The molecule has 1 aliphatic rings. The van der Waals surface area contributed by atoms with Gasteiger partial charge in [0.25, 0.3) is 0 Å². The van der Waals surface area contributed by atoms with Crippen molar-refractivity contribution >= 4 is 8.32 Å². The lowest BCUT2D eigenvalue weighted by atomic mass is 9.93. The Balaban J connectivity index is 2.53. The van der Waals surface area contributed by atoms with Gasteiger partial charge in [-0.2, -0.15) is 0 Å². The fourth-order valence-corrected chi connectivity index (χ4v) is 3.33. The summed E-state index contributed by atoms with van der Waals surface area (Å²) in [6.07, 6.45) is 0.787. The zero-order valence-electron chi connectivity index (χ0n) is 12.6. The molecule has 3 heteroatoms. The van der Waals surface area contributed by atoms with E-state index in [1.54, 1.807) is 0 Å². The smallest absolute Gasteiger partial charge is 0.191 e. The number of aliphatic hydroxyl groups is 1. The number of hydrogen-bond donors (Lipinski definition) is 1. The standard InChI is InChI=1S/C14H30O2Si/c1-10-11(2)13(15)8-12(10)9-16-17(6,7)14(3,4)5/h10-13,15H,8-9H2,1-7H3/t10-,11?,12+,13?/m1/s1. The van der Waals surface area contributed by atoms with Crippen molar-refractivity contribution in [2.45, 2.75) is 65.3 Å². The molecule has 1 fully saturated rings. The first-order valence-corrected chi connectivity index (χ1v) is 9.79. The molecule has 1 saturated carbocycles. The second-order valence-corrected chi connectivity index (χ2v) is 12.2. The molecule has 0 saturated heterocycles. The zero-order valence-corrected chi connectivity index (χ0v) is 13.6. The van der Waals surface area contributed by atoms with Gasteiger partial charge in [0, 0.05) is 6.61 Å². The summed E-state index contributed by atoms with van der Waals surface area (Å²) in [4.78, 5) is 0. The van der Waals surface area contributed by atoms with Crippen molar-refractivity contribution in [1.29, 1.82) is 0 Å². The highest BCUT2D eigenvalue weighted by atomic mass is 28.4. The third kappa shape index (κ3) is 3.33. The first-order chi connectivity index (χ1) is 7.56. The van der Waals surface area contributed by atoms with Crippen molar-refractivity contribution in [2.24, 2.45) is 17.8 Å². The van der Waals surface area contributed by atoms with Gasteiger partial charge in [-0.25, -0.2) is 0 Å². The molecule has 0 radical (unpaired) electrons. The molecule has 0 aromatic carbocycles. The Labute approximate surface area is 108 Å². The lowest BCUT2D eigenvalue weighted by Crippen LogP contribution is -2.42. The van der Waals surface area contributed by atoms with E-state index in [9.17, 15) is 5.11 Å². The van der Waals surface area contributed by atoms with Gasteiger partial charge >= 0.3 is 0 Å². The van der Waals surface area contributed by atoms with Gasteiger partial charge in [-0.1, -0.05) is 34.6 Å². The van der Waals surface area contributed by atoms with Gasteiger partial charge in [0.15, 0.2) is 8.32 Å². The molecule has 1 rings (SSSR count). The molecular formula is C14H30O2Si. The monoisotopic (exact) mass is 258 g/mol. The predicted octanol–water partition coefficient (Wildman–Crippen LogP) is 3.66. The molecule has 1 N–H and O–H groups in total. The third-order valence-electron chi connectivity index (χ3n) is 5.19. The van der Waals surface area contributed by atoms with E-state index in [-0.39, 0.29) is 11.1 Å². The molecule has 17 heavy (non-hydrogen) atoms. The second-order valence-electron chi connectivity index (χ2n) is 7.35. The van der Waals surface area contributed by atoms with Crippen LogP contribution in [0.15, 0.2) is 0 Å². The lowest BCUT2D eigenvalue weighted by Gasteiger charge is -2.37. The Morgan fingerprint density at radius 1 is 1.18 bits per heavy atom. The van der Waals surface area contributed by atoms with Crippen molar-refractivity contribution in [3.05, 3.63) is 0 Å². The van der Waals surface area contributed by atoms with E-state index < -0.39 is 8.32 Å². The zero-order chi connectivity index (χ0) is 13.4. The molecule has 0 aromatic heterocycles. The van der Waals surface area contributed by atoms with Crippen LogP contribution in [0, 0.1) is 17.8 Å². The van der Waals surface area contributed by atoms with Gasteiger partial charge in [-0.05, 0) is 42.3 Å². The first-order valence-electron chi connectivity index (χ1n) is 6.88. The lowest BCUT2D eigenvalue weighted by molar-refractivity contribution is 0.130. The van der Waals surface area contributed by atoms with Crippen molar-refractivity contribution in [2.75, 3.05) is 6.61 Å². The minimum absolute atomic E-state index is 0.127. The van der Waals surface area contributed by atoms with Crippen LogP contribution in [-0.2, 0) is 4.43 Å².